The summed E-state index contributed by atoms with van der Waals surface area (Å²) in [6.45, 7) is 3.90. The van der Waals surface area contributed by atoms with Gasteiger partial charge < -0.3 is 4.42 Å². The fraction of sp³-hybridized carbons (Fsp3) is 0.364. The van der Waals surface area contributed by atoms with Crippen LogP contribution in [-0.4, -0.2) is 27.7 Å². The van der Waals surface area contributed by atoms with Crippen molar-refractivity contribution in [2.24, 2.45) is 0 Å². The van der Waals surface area contributed by atoms with Crippen molar-refractivity contribution in [3.63, 3.8) is 0 Å². The number of piperidine rings is 1. The van der Waals surface area contributed by atoms with Gasteiger partial charge in [0.05, 0.1) is 17.4 Å². The first kappa shape index (κ1) is 18.3. The van der Waals surface area contributed by atoms with Gasteiger partial charge >= 0.3 is 0 Å². The average molecular weight is 380 g/mol. The van der Waals surface area contributed by atoms with Crippen LogP contribution >= 0.6 is 11.8 Å². The molecule has 4 nitrogen and oxygen atoms in total. The van der Waals surface area contributed by atoms with Crippen LogP contribution in [0.1, 0.15) is 42.5 Å². The molecule has 1 aliphatic heterocycles. The van der Waals surface area contributed by atoms with E-state index >= 15 is 0 Å². The number of hydrogen-bond acceptors (Lipinski definition) is 5. The summed E-state index contributed by atoms with van der Waals surface area (Å²) in [5.41, 5.74) is 3.22. The van der Waals surface area contributed by atoms with Crippen molar-refractivity contribution in [2.45, 2.75) is 43.7 Å². The van der Waals surface area contributed by atoms with Gasteiger partial charge in [0.25, 0.3) is 0 Å². The molecule has 0 saturated carbocycles. The van der Waals surface area contributed by atoms with Crippen molar-refractivity contribution in [1.29, 1.82) is 0 Å². The van der Waals surface area contributed by atoms with Crippen molar-refractivity contribution in [3.05, 3.63) is 65.8 Å². The summed E-state index contributed by atoms with van der Waals surface area (Å²) in [4.78, 5) is 13.2. The van der Waals surface area contributed by atoms with Crippen molar-refractivity contribution in [2.75, 3.05) is 12.8 Å². The fourth-order valence-corrected chi connectivity index (χ4v) is 4.12. The molecular weight excluding hydrogens is 354 g/mol. The van der Waals surface area contributed by atoms with E-state index in [-0.39, 0.29) is 0 Å². The maximum Gasteiger partial charge on any atom is 0.226 e. The molecule has 3 aromatic rings. The number of aryl methyl sites for hydroxylation is 1. The first-order valence-corrected chi connectivity index (χ1v) is 10.7. The van der Waals surface area contributed by atoms with E-state index in [1.807, 2.05) is 19.2 Å². The molecule has 0 amide bonds. The normalized spacial score (nSPS) is 17.9. The Morgan fingerprint density at radius 2 is 2.00 bits per heavy atom. The van der Waals surface area contributed by atoms with E-state index in [9.17, 15) is 0 Å². The number of aromatic nitrogens is 2. The molecule has 2 aromatic heterocycles. The molecule has 3 heterocycles. The smallest absolute Gasteiger partial charge is 0.226 e. The first-order chi connectivity index (χ1) is 13.2. The molecule has 1 aromatic carbocycles. The van der Waals surface area contributed by atoms with E-state index in [4.69, 9.17) is 9.40 Å². The molecule has 0 spiro atoms. The molecule has 0 bridgehead atoms. The van der Waals surface area contributed by atoms with E-state index < -0.39 is 0 Å². The van der Waals surface area contributed by atoms with Gasteiger partial charge in [0.1, 0.15) is 5.76 Å². The Kier molecular flexibility index (Phi) is 5.60. The summed E-state index contributed by atoms with van der Waals surface area (Å²) in [6, 6.07) is 14.9. The molecule has 1 fully saturated rings. The van der Waals surface area contributed by atoms with Crippen LogP contribution in [0.3, 0.4) is 0 Å². The number of pyridine rings is 1. The zero-order valence-electron chi connectivity index (χ0n) is 15.9. The third-order valence-electron chi connectivity index (χ3n) is 5.23. The van der Waals surface area contributed by atoms with Gasteiger partial charge in [0.15, 0.2) is 0 Å². The van der Waals surface area contributed by atoms with Gasteiger partial charge in [-0.2, -0.15) is 0 Å². The predicted octanol–water partition coefficient (Wildman–Crippen LogP) is 5.49. The summed E-state index contributed by atoms with van der Waals surface area (Å²) in [6.07, 6.45) is 7.60. The largest absolute Gasteiger partial charge is 0.441 e. The van der Waals surface area contributed by atoms with E-state index in [1.54, 1.807) is 11.8 Å². The van der Waals surface area contributed by atoms with E-state index in [2.05, 4.69) is 52.5 Å². The number of thioether (sulfide) groups is 1. The highest BCUT2D eigenvalue weighted by Crippen LogP contribution is 2.32. The molecule has 27 heavy (non-hydrogen) atoms. The van der Waals surface area contributed by atoms with Crippen LogP contribution in [0.4, 0.5) is 0 Å². The maximum absolute atomic E-state index is 6.00. The number of likely N-dealkylation sites (tertiary alicyclic amines) is 1. The van der Waals surface area contributed by atoms with Gasteiger partial charge in [-0.25, -0.2) is 4.98 Å². The predicted molar refractivity (Wildman–Crippen MR) is 110 cm³/mol. The molecule has 0 N–H and O–H groups in total. The van der Waals surface area contributed by atoms with Gasteiger partial charge in [-0.1, -0.05) is 12.5 Å². The second-order valence-electron chi connectivity index (χ2n) is 6.99. The fourth-order valence-electron chi connectivity index (χ4n) is 3.71. The van der Waals surface area contributed by atoms with Crippen LogP contribution in [0, 0.1) is 6.92 Å². The SMILES string of the molecule is CSc1ccc(-c2nc(CN3CCCCC3c3ccccn3)c(C)o2)cc1. The lowest BCUT2D eigenvalue weighted by Crippen LogP contribution is -2.33. The molecule has 0 aliphatic carbocycles. The highest BCUT2D eigenvalue weighted by atomic mass is 32.2. The minimum Gasteiger partial charge on any atom is -0.441 e. The van der Waals surface area contributed by atoms with Gasteiger partial charge in [0, 0.05) is 23.2 Å². The minimum atomic E-state index is 0.361. The van der Waals surface area contributed by atoms with Gasteiger partial charge in [-0.05, 0) is 69.0 Å². The van der Waals surface area contributed by atoms with Crippen molar-refractivity contribution in [3.8, 4) is 11.5 Å². The summed E-state index contributed by atoms with van der Waals surface area (Å²) >= 11 is 1.74. The highest BCUT2D eigenvalue weighted by Gasteiger charge is 2.26. The van der Waals surface area contributed by atoms with E-state index in [0.29, 0.717) is 11.9 Å². The Labute approximate surface area is 165 Å². The van der Waals surface area contributed by atoms with Crippen LogP contribution in [0.15, 0.2) is 58.0 Å². The Morgan fingerprint density at radius 1 is 1.15 bits per heavy atom. The zero-order chi connectivity index (χ0) is 18.6. The zero-order valence-corrected chi connectivity index (χ0v) is 16.7. The Balaban J connectivity index is 1.55. The lowest BCUT2D eigenvalue weighted by molar-refractivity contribution is 0.135. The summed E-state index contributed by atoms with van der Waals surface area (Å²) in [7, 11) is 0. The Hall–Kier alpha value is -2.11. The first-order valence-electron chi connectivity index (χ1n) is 9.50. The molecule has 1 unspecified atom stereocenters. The molecule has 1 atom stereocenters. The quantitative estimate of drug-likeness (QED) is 0.548. The maximum atomic E-state index is 6.00. The second kappa shape index (κ2) is 8.28. The minimum absolute atomic E-state index is 0.361. The lowest BCUT2D eigenvalue weighted by Gasteiger charge is -2.34. The third-order valence-corrected chi connectivity index (χ3v) is 5.97. The number of hydrogen-bond donors (Lipinski definition) is 0. The molecule has 1 aliphatic rings. The standard InChI is InChI=1S/C22H25N3OS/c1-16-20(24-22(26-16)17-9-11-18(27-2)12-10-17)15-25-14-6-4-8-21(25)19-7-3-5-13-23-19/h3,5,7,9-13,21H,4,6,8,14-15H2,1-2H3. The second-order valence-corrected chi connectivity index (χ2v) is 7.87. The Bertz CT molecular complexity index is 876. The summed E-state index contributed by atoms with van der Waals surface area (Å²) in [5.74, 6) is 1.62. The number of rotatable bonds is 5. The Morgan fingerprint density at radius 3 is 2.74 bits per heavy atom. The van der Waals surface area contributed by atoms with Crippen LogP contribution in [0.5, 0.6) is 0 Å². The monoisotopic (exact) mass is 379 g/mol. The summed E-state index contributed by atoms with van der Waals surface area (Å²) < 4.78 is 6.00. The molecule has 1 saturated heterocycles. The molecule has 0 radical (unpaired) electrons. The van der Waals surface area contributed by atoms with Crippen molar-refractivity contribution in [1.82, 2.24) is 14.9 Å². The number of benzene rings is 1. The van der Waals surface area contributed by atoms with Crippen LogP contribution in [0.2, 0.25) is 0 Å². The van der Waals surface area contributed by atoms with Crippen LogP contribution in [0.25, 0.3) is 11.5 Å². The van der Waals surface area contributed by atoms with Gasteiger partial charge in [-0.15, -0.1) is 11.8 Å². The van der Waals surface area contributed by atoms with Gasteiger partial charge in [-0.3, -0.25) is 9.88 Å². The average Bonchev–Trinajstić information content (AvgIpc) is 3.09. The third kappa shape index (κ3) is 4.09. The lowest BCUT2D eigenvalue weighted by atomic mass is 9.98. The highest BCUT2D eigenvalue weighted by molar-refractivity contribution is 7.98. The molecule has 140 valence electrons. The molecule has 4 rings (SSSR count). The summed E-state index contributed by atoms with van der Waals surface area (Å²) in [5, 5.41) is 0. The van der Waals surface area contributed by atoms with E-state index in [0.717, 1.165) is 42.2 Å². The van der Waals surface area contributed by atoms with Crippen LogP contribution < -0.4 is 0 Å². The number of oxazole rings is 1. The number of nitrogens with zero attached hydrogens (tertiary/aromatic N) is 3. The van der Waals surface area contributed by atoms with Crippen molar-refractivity contribution < 1.29 is 4.42 Å². The van der Waals surface area contributed by atoms with Gasteiger partial charge in [0.2, 0.25) is 5.89 Å². The van der Waals surface area contributed by atoms with E-state index in [1.165, 1.54) is 17.7 Å². The van der Waals surface area contributed by atoms with Crippen LogP contribution in [-0.2, 0) is 6.54 Å². The topological polar surface area (TPSA) is 42.2 Å². The van der Waals surface area contributed by atoms with Crippen molar-refractivity contribution >= 4 is 11.8 Å². The molecule has 5 heteroatoms. The molecular formula is C22H25N3OS.